The number of amides is 1. The van der Waals surface area contributed by atoms with E-state index in [2.05, 4.69) is 9.88 Å². The molecule has 6 rings (SSSR count). The summed E-state index contributed by atoms with van der Waals surface area (Å²) in [5.41, 5.74) is 2.98. The molecule has 1 amide bonds. The van der Waals surface area contributed by atoms with Crippen molar-refractivity contribution in [3.8, 4) is 11.1 Å². The van der Waals surface area contributed by atoms with Gasteiger partial charge in [0.1, 0.15) is 0 Å². The molecule has 3 aliphatic rings. The van der Waals surface area contributed by atoms with Gasteiger partial charge in [-0.2, -0.15) is 4.31 Å². The van der Waals surface area contributed by atoms with Gasteiger partial charge in [-0.15, -0.1) is 0 Å². The Kier molecular flexibility index (Phi) is 5.22. The minimum absolute atomic E-state index is 0.0799. The average molecular weight is 476 g/mol. The van der Waals surface area contributed by atoms with Crippen LogP contribution in [0.3, 0.4) is 0 Å². The number of aromatic nitrogens is 1. The summed E-state index contributed by atoms with van der Waals surface area (Å²) in [6.07, 6.45) is 7.16. The monoisotopic (exact) mass is 475 g/mol. The van der Waals surface area contributed by atoms with Gasteiger partial charge in [0.05, 0.1) is 10.4 Å². The van der Waals surface area contributed by atoms with Gasteiger partial charge >= 0.3 is 0 Å². The number of carbonyl (C=O) groups is 1. The Morgan fingerprint density at radius 3 is 2.38 bits per heavy atom. The van der Waals surface area contributed by atoms with Gasteiger partial charge in [0.15, 0.2) is 0 Å². The molecule has 1 aromatic heterocycles. The lowest BCUT2D eigenvalue weighted by Crippen LogP contribution is -2.52. The van der Waals surface area contributed by atoms with Crippen molar-refractivity contribution in [2.75, 3.05) is 19.6 Å². The third kappa shape index (κ3) is 3.91. The van der Waals surface area contributed by atoms with Crippen LogP contribution in [0.5, 0.6) is 0 Å². The maximum atomic E-state index is 13.4. The molecule has 2 aromatic carbocycles. The third-order valence-corrected chi connectivity index (χ3v) is 9.81. The van der Waals surface area contributed by atoms with Crippen molar-refractivity contribution in [1.29, 1.82) is 0 Å². The molecule has 6 nitrogen and oxygen atoms in total. The predicted molar refractivity (Wildman–Crippen MR) is 132 cm³/mol. The summed E-state index contributed by atoms with van der Waals surface area (Å²) in [5.74, 6) is 0.283. The first-order valence-electron chi connectivity index (χ1n) is 12.2. The van der Waals surface area contributed by atoms with Gasteiger partial charge in [-0.25, -0.2) is 8.42 Å². The average Bonchev–Trinajstić information content (AvgIpc) is 3.71. The Bertz CT molecular complexity index is 1340. The van der Waals surface area contributed by atoms with Gasteiger partial charge in [-0.05, 0) is 72.9 Å². The van der Waals surface area contributed by atoms with E-state index >= 15 is 0 Å². The predicted octanol–water partition coefficient (Wildman–Crippen LogP) is 4.46. The summed E-state index contributed by atoms with van der Waals surface area (Å²) in [4.78, 5) is 19.2. The Morgan fingerprint density at radius 1 is 0.912 bits per heavy atom. The molecule has 1 saturated carbocycles. The van der Waals surface area contributed by atoms with Crippen molar-refractivity contribution in [2.45, 2.75) is 49.5 Å². The molecule has 0 radical (unpaired) electrons. The SMILES string of the molecule is O=C1CCC2(CCN(S(=O)(=O)c3ccc(-c4ccc5cccnc5c4)cc3)CC2)CN1C1CC1. The van der Waals surface area contributed by atoms with Crippen LogP contribution in [0.4, 0.5) is 0 Å². The molecular weight excluding hydrogens is 446 g/mol. The van der Waals surface area contributed by atoms with Crippen LogP contribution in [0.2, 0.25) is 0 Å². The van der Waals surface area contributed by atoms with Crippen molar-refractivity contribution in [3.05, 3.63) is 60.8 Å². The summed E-state index contributed by atoms with van der Waals surface area (Å²) in [6, 6.07) is 17.7. The number of benzene rings is 2. The Morgan fingerprint density at radius 2 is 1.65 bits per heavy atom. The molecular formula is C27H29N3O3S. The van der Waals surface area contributed by atoms with Gasteiger partial charge < -0.3 is 4.90 Å². The second kappa shape index (κ2) is 8.17. The van der Waals surface area contributed by atoms with E-state index in [1.807, 2.05) is 42.5 Å². The van der Waals surface area contributed by atoms with E-state index in [9.17, 15) is 13.2 Å². The van der Waals surface area contributed by atoms with Crippen LogP contribution in [-0.2, 0) is 14.8 Å². The number of fused-ring (bicyclic) bond motifs is 1. The standard InChI is InChI=1S/C27H29N3O3S/c31-26-11-12-27(19-30(26)23-7-8-23)13-16-29(17-14-27)34(32,33)24-9-5-20(6-10-24)22-4-3-21-2-1-15-28-25(21)18-22/h1-6,9-10,15,18,23H,7-8,11-14,16-17,19H2. The molecule has 3 heterocycles. The van der Waals surface area contributed by atoms with E-state index in [0.29, 0.717) is 30.4 Å². The second-order valence-corrected chi connectivity index (χ2v) is 12.0. The third-order valence-electron chi connectivity index (χ3n) is 7.90. The van der Waals surface area contributed by atoms with E-state index in [1.54, 1.807) is 22.6 Å². The Hall–Kier alpha value is -2.77. The van der Waals surface area contributed by atoms with Crippen molar-refractivity contribution in [3.63, 3.8) is 0 Å². The highest BCUT2D eigenvalue weighted by Gasteiger charge is 2.46. The zero-order valence-corrected chi connectivity index (χ0v) is 20.0. The van der Waals surface area contributed by atoms with Crippen molar-refractivity contribution in [2.24, 2.45) is 5.41 Å². The molecule has 1 spiro atoms. The van der Waals surface area contributed by atoms with E-state index in [-0.39, 0.29) is 11.3 Å². The lowest BCUT2D eigenvalue weighted by Gasteiger charge is -2.47. The van der Waals surface area contributed by atoms with Crippen LogP contribution in [0, 0.1) is 5.41 Å². The highest BCUT2D eigenvalue weighted by molar-refractivity contribution is 7.89. The summed E-state index contributed by atoms with van der Waals surface area (Å²) >= 11 is 0. The smallest absolute Gasteiger partial charge is 0.243 e. The molecule has 176 valence electrons. The number of carbonyl (C=O) groups excluding carboxylic acids is 1. The minimum atomic E-state index is -3.54. The van der Waals surface area contributed by atoms with Crippen LogP contribution in [-0.4, -0.2) is 54.2 Å². The number of rotatable bonds is 4. The first kappa shape index (κ1) is 21.7. The lowest BCUT2D eigenvalue weighted by atomic mass is 9.72. The van der Waals surface area contributed by atoms with Crippen LogP contribution in [0.25, 0.3) is 22.0 Å². The molecule has 0 atom stereocenters. The normalized spacial score (nSPS) is 21.3. The molecule has 0 unspecified atom stereocenters. The lowest BCUT2D eigenvalue weighted by molar-refractivity contribution is -0.139. The van der Waals surface area contributed by atoms with Gasteiger partial charge in [0.25, 0.3) is 0 Å². The molecule has 0 bridgehead atoms. The zero-order valence-electron chi connectivity index (χ0n) is 19.2. The van der Waals surface area contributed by atoms with Crippen molar-refractivity contribution < 1.29 is 13.2 Å². The molecule has 3 fully saturated rings. The van der Waals surface area contributed by atoms with Crippen LogP contribution < -0.4 is 0 Å². The number of likely N-dealkylation sites (tertiary alicyclic amines) is 1. The summed E-state index contributed by atoms with van der Waals surface area (Å²) in [7, 11) is -3.54. The number of hydrogen-bond donors (Lipinski definition) is 0. The van der Waals surface area contributed by atoms with Gasteiger partial charge in [0, 0.05) is 43.7 Å². The highest BCUT2D eigenvalue weighted by atomic mass is 32.2. The molecule has 0 N–H and O–H groups in total. The molecule has 2 aliphatic heterocycles. The summed E-state index contributed by atoms with van der Waals surface area (Å²) in [6.45, 7) is 1.85. The topological polar surface area (TPSA) is 70.6 Å². The molecule has 7 heteroatoms. The van der Waals surface area contributed by atoms with Gasteiger partial charge in [-0.1, -0.05) is 30.3 Å². The van der Waals surface area contributed by atoms with Crippen LogP contribution in [0.1, 0.15) is 38.5 Å². The maximum absolute atomic E-state index is 13.4. The quantitative estimate of drug-likeness (QED) is 0.559. The molecule has 2 saturated heterocycles. The Balaban J connectivity index is 1.16. The van der Waals surface area contributed by atoms with Crippen LogP contribution >= 0.6 is 0 Å². The number of pyridine rings is 1. The minimum Gasteiger partial charge on any atom is -0.339 e. The highest BCUT2D eigenvalue weighted by Crippen LogP contribution is 2.44. The fourth-order valence-electron chi connectivity index (χ4n) is 5.59. The second-order valence-electron chi connectivity index (χ2n) is 10.1. The van der Waals surface area contributed by atoms with E-state index in [1.165, 1.54) is 0 Å². The molecule has 34 heavy (non-hydrogen) atoms. The van der Waals surface area contributed by atoms with Gasteiger partial charge in [0.2, 0.25) is 15.9 Å². The zero-order chi connectivity index (χ0) is 23.3. The van der Waals surface area contributed by atoms with E-state index in [0.717, 1.165) is 60.7 Å². The van der Waals surface area contributed by atoms with Crippen LogP contribution in [0.15, 0.2) is 65.7 Å². The fraction of sp³-hybridized carbons (Fsp3) is 0.407. The van der Waals surface area contributed by atoms with Crippen molar-refractivity contribution in [1.82, 2.24) is 14.2 Å². The number of piperidine rings is 2. The summed E-state index contributed by atoms with van der Waals surface area (Å²) in [5, 5.41) is 1.08. The largest absolute Gasteiger partial charge is 0.339 e. The maximum Gasteiger partial charge on any atom is 0.243 e. The number of nitrogens with zero attached hydrogens (tertiary/aromatic N) is 3. The number of sulfonamides is 1. The summed E-state index contributed by atoms with van der Waals surface area (Å²) < 4.78 is 28.4. The fourth-order valence-corrected chi connectivity index (χ4v) is 7.03. The molecule has 3 aromatic rings. The first-order chi connectivity index (χ1) is 16.4. The van der Waals surface area contributed by atoms with Gasteiger partial charge in [-0.3, -0.25) is 9.78 Å². The van der Waals surface area contributed by atoms with Crippen molar-refractivity contribution >= 4 is 26.8 Å². The first-order valence-corrected chi connectivity index (χ1v) is 13.6. The van der Waals surface area contributed by atoms with E-state index in [4.69, 9.17) is 0 Å². The van der Waals surface area contributed by atoms with E-state index < -0.39 is 10.0 Å². The number of hydrogen-bond acceptors (Lipinski definition) is 4. The molecule has 1 aliphatic carbocycles. The Labute approximate surface area is 200 Å².